The summed E-state index contributed by atoms with van der Waals surface area (Å²) in [5.41, 5.74) is 0.959. The molecule has 41 heavy (non-hydrogen) atoms. The molecule has 0 radical (unpaired) electrons. The lowest BCUT2D eigenvalue weighted by Gasteiger charge is -2.64. The predicted octanol–water partition coefficient (Wildman–Crippen LogP) is 10.6. The molecule has 4 saturated carbocycles. The fourth-order valence-corrected chi connectivity index (χ4v) is 13.7. The maximum absolute atomic E-state index is 7.26. The first-order valence-corrected chi connectivity index (χ1v) is 27.9. The van der Waals surface area contributed by atoms with Gasteiger partial charge in [0.2, 0.25) is 0 Å². The van der Waals surface area contributed by atoms with Crippen molar-refractivity contribution in [2.24, 2.45) is 52.3 Å². The Balaban J connectivity index is 1.50. The topological polar surface area (TPSA) is 27.7 Å². The molecular weight excluding hydrogens is 553 g/mol. The lowest BCUT2D eigenvalue weighted by atomic mass is 9.43. The molecule has 11 atom stereocenters. The van der Waals surface area contributed by atoms with Crippen molar-refractivity contribution in [2.75, 3.05) is 6.61 Å². The van der Waals surface area contributed by atoms with Crippen molar-refractivity contribution in [1.29, 1.82) is 0 Å². The molecule has 9 unspecified atom stereocenters. The Morgan fingerprint density at radius 1 is 0.683 bits per heavy atom. The van der Waals surface area contributed by atoms with Crippen LogP contribution in [0.15, 0.2) is 0 Å². The van der Waals surface area contributed by atoms with E-state index in [1.54, 1.807) is 0 Å². The molecule has 0 aromatic heterocycles. The molecule has 3 nitrogen and oxygen atoms in total. The van der Waals surface area contributed by atoms with Gasteiger partial charge in [-0.1, -0.05) is 34.1 Å². The zero-order valence-corrected chi connectivity index (χ0v) is 32.7. The van der Waals surface area contributed by atoms with Crippen LogP contribution < -0.4 is 0 Å². The van der Waals surface area contributed by atoms with Gasteiger partial charge < -0.3 is 13.3 Å². The van der Waals surface area contributed by atoms with E-state index in [1.165, 1.54) is 64.2 Å². The molecule has 0 aromatic carbocycles. The van der Waals surface area contributed by atoms with Crippen LogP contribution >= 0.6 is 0 Å². The van der Waals surface area contributed by atoms with Gasteiger partial charge in [-0.25, -0.2) is 0 Å². The van der Waals surface area contributed by atoms with E-state index in [-0.39, 0.29) is 0 Å². The molecule has 0 heterocycles. The summed E-state index contributed by atoms with van der Waals surface area (Å²) in [7, 11) is -4.59. The Labute approximate surface area is 259 Å². The van der Waals surface area contributed by atoms with Gasteiger partial charge >= 0.3 is 0 Å². The van der Waals surface area contributed by atoms with Crippen LogP contribution in [0.25, 0.3) is 0 Å². The summed E-state index contributed by atoms with van der Waals surface area (Å²) in [6, 6.07) is 0. The smallest absolute Gasteiger partial charge is 0.184 e. The molecule has 0 aromatic rings. The highest BCUT2D eigenvalue weighted by Gasteiger charge is 2.63. The zero-order valence-electron chi connectivity index (χ0n) is 29.7. The van der Waals surface area contributed by atoms with Crippen LogP contribution in [0.2, 0.25) is 58.9 Å². The average Bonchev–Trinajstić information content (AvgIpc) is 3.17. The fraction of sp³-hybridized carbons (Fsp3) is 1.00. The first kappa shape index (κ1) is 34.4. The molecule has 0 aliphatic heterocycles. The lowest BCUT2D eigenvalue weighted by molar-refractivity contribution is -0.168. The summed E-state index contributed by atoms with van der Waals surface area (Å²) >= 11 is 0. The number of rotatable bonds is 11. The van der Waals surface area contributed by atoms with Gasteiger partial charge in [0.1, 0.15) is 0 Å². The Kier molecular flexibility index (Phi) is 10.4. The molecule has 6 heteroatoms. The Morgan fingerprint density at radius 3 is 1.90 bits per heavy atom. The maximum atomic E-state index is 7.26. The summed E-state index contributed by atoms with van der Waals surface area (Å²) in [4.78, 5) is 0. The third-order valence-corrected chi connectivity index (χ3v) is 15.4. The van der Waals surface area contributed by atoms with Crippen molar-refractivity contribution in [3.05, 3.63) is 0 Å². The largest absolute Gasteiger partial charge is 0.417 e. The van der Waals surface area contributed by atoms with Gasteiger partial charge in [0.25, 0.3) is 0 Å². The quantitative estimate of drug-likeness (QED) is 0.215. The SMILES string of the molecule is CC(CCC(C)C1CCC2C3C(O[Si](C)(C)C)C[C@@H]4C[C@H](O[Si](C)(C)C)CCC4(C)C3CCC12C)CO[Si](C)(C)C. The van der Waals surface area contributed by atoms with Crippen molar-refractivity contribution in [2.45, 2.75) is 163 Å². The van der Waals surface area contributed by atoms with E-state index in [1.807, 2.05) is 0 Å². The van der Waals surface area contributed by atoms with Crippen molar-refractivity contribution >= 4 is 25.0 Å². The second-order valence-corrected chi connectivity index (χ2v) is 32.4. The molecule has 0 saturated heterocycles. The van der Waals surface area contributed by atoms with Crippen LogP contribution in [0.4, 0.5) is 0 Å². The van der Waals surface area contributed by atoms with Crippen LogP contribution in [0.5, 0.6) is 0 Å². The summed E-state index contributed by atoms with van der Waals surface area (Å²) in [6.45, 7) is 32.8. The van der Waals surface area contributed by atoms with E-state index < -0.39 is 25.0 Å². The third-order valence-electron chi connectivity index (χ3n) is 12.3. The molecule has 240 valence electrons. The van der Waals surface area contributed by atoms with Gasteiger partial charge in [-0.2, -0.15) is 0 Å². The monoisotopic (exact) mass is 622 g/mol. The summed E-state index contributed by atoms with van der Waals surface area (Å²) < 4.78 is 20.3. The van der Waals surface area contributed by atoms with Gasteiger partial charge in [-0.05, 0) is 169 Å². The molecule has 4 fully saturated rings. The molecule has 0 spiro atoms. The number of hydrogen-bond donors (Lipinski definition) is 0. The molecular formula is C35H70O3Si3. The molecule has 0 bridgehead atoms. The summed E-state index contributed by atoms with van der Waals surface area (Å²) in [5, 5.41) is 0. The van der Waals surface area contributed by atoms with Gasteiger partial charge in [-0.3, -0.25) is 0 Å². The van der Waals surface area contributed by atoms with E-state index in [4.69, 9.17) is 13.3 Å². The second kappa shape index (κ2) is 12.4. The number of fused-ring (bicyclic) bond motifs is 5. The molecule has 0 N–H and O–H groups in total. The molecule has 4 aliphatic carbocycles. The minimum Gasteiger partial charge on any atom is -0.417 e. The summed E-state index contributed by atoms with van der Waals surface area (Å²) in [6.07, 6.45) is 14.6. The second-order valence-electron chi connectivity index (χ2n) is 18.9. The molecule has 0 amide bonds. The van der Waals surface area contributed by atoms with Crippen LogP contribution in [-0.4, -0.2) is 43.8 Å². The summed E-state index contributed by atoms with van der Waals surface area (Å²) in [5.74, 6) is 5.57. The lowest BCUT2D eigenvalue weighted by Crippen LogP contribution is -2.60. The maximum Gasteiger partial charge on any atom is 0.184 e. The van der Waals surface area contributed by atoms with Gasteiger partial charge in [0.05, 0.1) is 0 Å². The highest BCUT2D eigenvalue weighted by Crippen LogP contribution is 2.69. The highest BCUT2D eigenvalue weighted by molar-refractivity contribution is 6.70. The van der Waals surface area contributed by atoms with Crippen molar-refractivity contribution < 1.29 is 13.3 Å². The van der Waals surface area contributed by atoms with Crippen LogP contribution in [0.1, 0.15) is 91.9 Å². The third kappa shape index (κ3) is 8.04. The standard InChI is InChI=1S/C35H70O3Si3/c1-25(24-36-39(5,6)7)14-15-26(2)29-16-17-30-33-31(19-21-35(29,30)4)34(3)20-18-28(37-40(8,9)10)22-27(34)23-32(33)38-41(11,12)13/h25-33H,14-24H2,1-13H3/t25?,26?,27-,28+,29?,30?,31?,32?,33?,34?,35?/m0/s1. The van der Waals surface area contributed by atoms with E-state index in [0.29, 0.717) is 29.0 Å². The van der Waals surface area contributed by atoms with Gasteiger partial charge in [0.15, 0.2) is 25.0 Å². The minimum absolute atomic E-state index is 0.466. The Bertz CT molecular complexity index is 875. The van der Waals surface area contributed by atoms with Crippen molar-refractivity contribution in [3.8, 4) is 0 Å². The zero-order chi connectivity index (χ0) is 30.6. The van der Waals surface area contributed by atoms with Gasteiger partial charge in [0, 0.05) is 18.8 Å². The van der Waals surface area contributed by atoms with Crippen molar-refractivity contribution in [3.63, 3.8) is 0 Å². The normalized spacial score (nSPS) is 41.3. The predicted molar refractivity (Wildman–Crippen MR) is 184 cm³/mol. The van der Waals surface area contributed by atoms with Crippen molar-refractivity contribution in [1.82, 2.24) is 0 Å². The van der Waals surface area contributed by atoms with E-state index in [0.717, 1.165) is 42.1 Å². The van der Waals surface area contributed by atoms with Gasteiger partial charge in [-0.15, -0.1) is 0 Å². The van der Waals surface area contributed by atoms with Crippen LogP contribution in [0.3, 0.4) is 0 Å². The van der Waals surface area contributed by atoms with E-state index >= 15 is 0 Å². The van der Waals surface area contributed by atoms with Crippen LogP contribution in [-0.2, 0) is 13.3 Å². The Morgan fingerprint density at radius 2 is 1.29 bits per heavy atom. The average molecular weight is 623 g/mol. The Hall–Kier alpha value is 0.531. The molecule has 4 rings (SSSR count). The first-order valence-electron chi connectivity index (χ1n) is 17.7. The highest BCUT2D eigenvalue weighted by atomic mass is 28.4. The molecule has 4 aliphatic rings. The minimum atomic E-state index is -1.64. The number of hydrogen-bond acceptors (Lipinski definition) is 3. The fourth-order valence-electron chi connectivity index (χ4n) is 10.5. The van der Waals surface area contributed by atoms with Crippen LogP contribution in [0, 0.1) is 52.3 Å². The van der Waals surface area contributed by atoms with E-state index in [2.05, 4.69) is 86.6 Å². The first-order chi connectivity index (χ1) is 18.7. The van der Waals surface area contributed by atoms with E-state index in [9.17, 15) is 0 Å².